The molecule has 0 aromatic heterocycles. The highest BCUT2D eigenvalue weighted by atomic mass is 32.2. The number of likely N-dealkylation sites (N-methyl/N-ethyl adjacent to an activating group) is 1. The van der Waals surface area contributed by atoms with E-state index in [9.17, 15) is 18.0 Å². The standard InChI is InChI=1S/C22H28N4O5S/c1-4-23-32(29,30)18-8-5-16(6-9-18)21(27)24-19-15-17(7-10-20(19)31-3)22(28)26-13-11-25(2)12-14-26/h5-10,15,23H,4,11-14H2,1-3H3,(H,24,27). The first-order chi connectivity index (χ1) is 15.2. The van der Waals surface area contributed by atoms with Crippen LogP contribution in [-0.2, 0) is 10.0 Å². The van der Waals surface area contributed by atoms with E-state index >= 15 is 0 Å². The molecule has 2 aromatic carbocycles. The van der Waals surface area contributed by atoms with Gasteiger partial charge in [0.15, 0.2) is 0 Å². The van der Waals surface area contributed by atoms with Gasteiger partial charge in [-0.1, -0.05) is 6.92 Å². The number of sulfonamides is 1. The largest absolute Gasteiger partial charge is 0.495 e. The summed E-state index contributed by atoms with van der Waals surface area (Å²) in [5, 5.41) is 2.76. The number of benzene rings is 2. The van der Waals surface area contributed by atoms with Gasteiger partial charge in [-0.3, -0.25) is 9.59 Å². The minimum atomic E-state index is -3.60. The summed E-state index contributed by atoms with van der Waals surface area (Å²) in [5.74, 6) is -0.131. The van der Waals surface area contributed by atoms with E-state index in [-0.39, 0.29) is 22.9 Å². The number of carbonyl (C=O) groups is 2. The number of hydrogen-bond acceptors (Lipinski definition) is 6. The van der Waals surface area contributed by atoms with Crippen LogP contribution in [0.5, 0.6) is 5.75 Å². The minimum Gasteiger partial charge on any atom is -0.495 e. The molecular weight excluding hydrogens is 432 g/mol. The third-order valence-corrected chi connectivity index (χ3v) is 6.81. The van der Waals surface area contributed by atoms with Crippen LogP contribution >= 0.6 is 0 Å². The number of hydrogen-bond donors (Lipinski definition) is 2. The summed E-state index contributed by atoms with van der Waals surface area (Å²) in [5.41, 5.74) is 1.10. The summed E-state index contributed by atoms with van der Waals surface area (Å²) in [6.07, 6.45) is 0. The second-order valence-electron chi connectivity index (χ2n) is 7.49. The van der Waals surface area contributed by atoms with Gasteiger partial charge in [-0.15, -0.1) is 0 Å². The number of methoxy groups -OCH3 is 1. The molecule has 1 saturated heterocycles. The number of nitrogens with one attached hydrogen (secondary N) is 2. The molecule has 0 bridgehead atoms. The third-order valence-electron chi connectivity index (χ3n) is 5.25. The zero-order valence-electron chi connectivity index (χ0n) is 18.4. The number of piperazine rings is 1. The first-order valence-corrected chi connectivity index (χ1v) is 11.8. The zero-order valence-corrected chi connectivity index (χ0v) is 19.2. The molecule has 0 aliphatic carbocycles. The summed E-state index contributed by atoms with van der Waals surface area (Å²) in [4.78, 5) is 29.7. The van der Waals surface area contributed by atoms with Crippen LogP contribution in [0.25, 0.3) is 0 Å². The maximum absolute atomic E-state index is 12.9. The summed E-state index contributed by atoms with van der Waals surface area (Å²) >= 11 is 0. The lowest BCUT2D eigenvalue weighted by atomic mass is 10.1. The number of carbonyl (C=O) groups excluding carboxylic acids is 2. The summed E-state index contributed by atoms with van der Waals surface area (Å²) < 4.78 is 31.9. The number of nitrogens with zero attached hydrogens (tertiary/aromatic N) is 2. The van der Waals surface area contributed by atoms with E-state index in [2.05, 4.69) is 14.9 Å². The number of ether oxygens (including phenoxy) is 1. The Balaban J connectivity index is 1.78. The molecule has 172 valence electrons. The first kappa shape index (κ1) is 23.7. The number of amides is 2. The van der Waals surface area contributed by atoms with Crippen LogP contribution < -0.4 is 14.8 Å². The minimum absolute atomic E-state index is 0.0771. The van der Waals surface area contributed by atoms with Crippen LogP contribution in [0.2, 0.25) is 0 Å². The van der Waals surface area contributed by atoms with Crippen molar-refractivity contribution < 1.29 is 22.7 Å². The van der Waals surface area contributed by atoms with Gasteiger partial charge in [0.05, 0.1) is 17.7 Å². The van der Waals surface area contributed by atoms with Crippen molar-refractivity contribution in [3.63, 3.8) is 0 Å². The van der Waals surface area contributed by atoms with E-state index < -0.39 is 15.9 Å². The molecule has 2 aromatic rings. The molecule has 0 saturated carbocycles. The van der Waals surface area contributed by atoms with Crippen LogP contribution in [0.1, 0.15) is 27.6 Å². The zero-order chi connectivity index (χ0) is 23.3. The molecule has 1 aliphatic heterocycles. The van der Waals surface area contributed by atoms with Gasteiger partial charge in [0.2, 0.25) is 10.0 Å². The highest BCUT2D eigenvalue weighted by molar-refractivity contribution is 7.89. The Labute approximate surface area is 188 Å². The van der Waals surface area contributed by atoms with Gasteiger partial charge < -0.3 is 19.9 Å². The molecule has 9 nitrogen and oxygen atoms in total. The third kappa shape index (κ3) is 5.45. The summed E-state index contributed by atoms with van der Waals surface area (Å²) in [6, 6.07) is 10.5. The fourth-order valence-corrected chi connectivity index (χ4v) is 4.43. The molecule has 1 aliphatic rings. The van der Waals surface area contributed by atoms with E-state index in [4.69, 9.17) is 4.74 Å². The Morgan fingerprint density at radius 2 is 1.62 bits per heavy atom. The van der Waals surface area contributed by atoms with E-state index in [1.54, 1.807) is 30.0 Å². The topological polar surface area (TPSA) is 108 Å². The van der Waals surface area contributed by atoms with Gasteiger partial charge in [-0.05, 0) is 49.5 Å². The Morgan fingerprint density at radius 3 is 2.22 bits per heavy atom. The van der Waals surface area contributed by atoms with Gasteiger partial charge in [0, 0.05) is 43.9 Å². The van der Waals surface area contributed by atoms with Gasteiger partial charge in [-0.2, -0.15) is 0 Å². The lowest BCUT2D eigenvalue weighted by Crippen LogP contribution is -2.47. The van der Waals surface area contributed by atoms with Crippen molar-refractivity contribution in [2.45, 2.75) is 11.8 Å². The Bertz CT molecular complexity index is 1080. The maximum Gasteiger partial charge on any atom is 0.255 e. The van der Waals surface area contributed by atoms with Gasteiger partial charge >= 0.3 is 0 Å². The van der Waals surface area contributed by atoms with Gasteiger partial charge in [0.25, 0.3) is 11.8 Å². The van der Waals surface area contributed by atoms with Crippen molar-refractivity contribution in [3.8, 4) is 5.75 Å². The smallest absolute Gasteiger partial charge is 0.255 e. The van der Waals surface area contributed by atoms with E-state index in [1.165, 1.54) is 31.4 Å². The SMILES string of the molecule is CCNS(=O)(=O)c1ccc(C(=O)Nc2cc(C(=O)N3CCN(C)CC3)ccc2OC)cc1. The van der Waals surface area contributed by atoms with Crippen molar-refractivity contribution in [1.82, 2.24) is 14.5 Å². The average Bonchev–Trinajstić information content (AvgIpc) is 2.79. The predicted molar refractivity (Wildman–Crippen MR) is 122 cm³/mol. The fourth-order valence-electron chi connectivity index (χ4n) is 3.38. The highest BCUT2D eigenvalue weighted by Crippen LogP contribution is 2.27. The van der Waals surface area contributed by atoms with E-state index in [1.807, 2.05) is 7.05 Å². The van der Waals surface area contributed by atoms with Crippen LogP contribution in [0.4, 0.5) is 5.69 Å². The number of anilines is 1. The molecule has 2 amide bonds. The normalized spacial score (nSPS) is 14.8. The van der Waals surface area contributed by atoms with Crippen LogP contribution in [0, 0.1) is 0 Å². The van der Waals surface area contributed by atoms with Crippen molar-refractivity contribution in [2.24, 2.45) is 0 Å². The van der Waals surface area contributed by atoms with Crippen molar-refractivity contribution >= 4 is 27.5 Å². The van der Waals surface area contributed by atoms with Crippen molar-refractivity contribution in [3.05, 3.63) is 53.6 Å². The molecule has 1 fully saturated rings. The Kier molecular flexibility index (Phi) is 7.49. The predicted octanol–water partition coefficient (Wildman–Crippen LogP) is 1.63. The second-order valence-corrected chi connectivity index (χ2v) is 9.26. The quantitative estimate of drug-likeness (QED) is 0.650. The molecule has 10 heteroatoms. The lowest BCUT2D eigenvalue weighted by Gasteiger charge is -2.32. The molecule has 2 N–H and O–H groups in total. The monoisotopic (exact) mass is 460 g/mol. The van der Waals surface area contributed by atoms with Crippen molar-refractivity contribution in [2.75, 3.05) is 52.2 Å². The van der Waals surface area contributed by atoms with Crippen LogP contribution in [0.15, 0.2) is 47.4 Å². The summed E-state index contributed by atoms with van der Waals surface area (Å²) in [6.45, 7) is 4.87. The van der Waals surface area contributed by atoms with Crippen molar-refractivity contribution in [1.29, 1.82) is 0 Å². The molecule has 32 heavy (non-hydrogen) atoms. The molecule has 0 spiro atoms. The highest BCUT2D eigenvalue weighted by Gasteiger charge is 2.22. The maximum atomic E-state index is 12.9. The van der Waals surface area contributed by atoms with Gasteiger partial charge in [0.1, 0.15) is 5.75 Å². The van der Waals surface area contributed by atoms with E-state index in [0.717, 1.165) is 13.1 Å². The molecule has 0 radical (unpaired) electrons. The van der Waals surface area contributed by atoms with Crippen LogP contribution in [0.3, 0.4) is 0 Å². The molecule has 0 unspecified atom stereocenters. The molecule has 0 atom stereocenters. The van der Waals surface area contributed by atoms with E-state index in [0.29, 0.717) is 30.1 Å². The second kappa shape index (κ2) is 10.1. The van der Waals surface area contributed by atoms with Crippen LogP contribution in [-0.4, -0.2) is 76.9 Å². The first-order valence-electron chi connectivity index (χ1n) is 10.3. The average molecular weight is 461 g/mol. The lowest BCUT2D eigenvalue weighted by molar-refractivity contribution is 0.0664. The fraction of sp³-hybridized carbons (Fsp3) is 0.364. The Morgan fingerprint density at radius 1 is 1.00 bits per heavy atom. The summed E-state index contributed by atoms with van der Waals surface area (Å²) in [7, 11) is -0.100. The number of rotatable bonds is 7. The van der Waals surface area contributed by atoms with Gasteiger partial charge in [-0.25, -0.2) is 13.1 Å². The molecule has 1 heterocycles. The molecule has 3 rings (SSSR count). The Hall–Kier alpha value is -2.95. The molecular formula is C22H28N4O5S.